The average Bonchev–Trinajstić information content (AvgIpc) is 3.74. The van der Waals surface area contributed by atoms with E-state index in [1.54, 1.807) is 0 Å². The number of rotatable bonds is 5. The van der Waals surface area contributed by atoms with Crippen LogP contribution < -0.4 is 25.2 Å². The molecule has 295 valence electrons. The lowest BCUT2D eigenvalue weighted by Crippen LogP contribution is -2.62. The van der Waals surface area contributed by atoms with Crippen LogP contribution in [0.15, 0.2) is 231 Å². The fraction of sp³-hybridized carbons (Fsp3) is 0.0169. The molecule has 0 amide bonds. The van der Waals surface area contributed by atoms with Crippen molar-refractivity contribution in [3.8, 4) is 22.6 Å². The molecule has 2 aliphatic heterocycles. The van der Waals surface area contributed by atoms with Gasteiger partial charge in [0.1, 0.15) is 11.5 Å². The van der Waals surface area contributed by atoms with Gasteiger partial charge in [0.05, 0.1) is 15.8 Å². The standard InChI is InChI=1S/C59H38NOSSi/c1-2-18-43(19-3-1)63-56-31-13-9-26-50(56)59(48-24-7-10-28-53(48)61-54-29-11-8-25-49(54)59)51-37-36-42(38-57(51)63)60(52-27-15-23-47-46-21-6-12-30-55(46)62-58(47)52)41-34-32-40(33-35-41)45-22-14-17-39-16-4-5-20-44(39)45/h1-38H. The summed E-state index contributed by atoms with van der Waals surface area (Å²) in [5, 5.41) is 9.24. The van der Waals surface area contributed by atoms with Crippen molar-refractivity contribution in [2.24, 2.45) is 0 Å². The summed E-state index contributed by atoms with van der Waals surface area (Å²) in [6, 6.07) is 85.3. The van der Waals surface area contributed by atoms with E-state index < -0.39 is 14.2 Å². The molecule has 0 aliphatic carbocycles. The highest BCUT2D eigenvalue weighted by molar-refractivity contribution is 7.26. The Morgan fingerprint density at radius 3 is 1.84 bits per heavy atom. The van der Waals surface area contributed by atoms with Gasteiger partial charge < -0.3 is 9.64 Å². The van der Waals surface area contributed by atoms with E-state index in [4.69, 9.17) is 4.74 Å². The number of hydrogen-bond donors (Lipinski definition) is 0. The van der Waals surface area contributed by atoms with Gasteiger partial charge in [-0.1, -0.05) is 187 Å². The molecule has 0 N–H and O–H groups in total. The van der Waals surface area contributed by atoms with Crippen LogP contribution >= 0.6 is 11.3 Å². The number of thiophene rings is 1. The van der Waals surface area contributed by atoms with Gasteiger partial charge in [-0.2, -0.15) is 0 Å². The molecular weight excluding hydrogens is 799 g/mol. The van der Waals surface area contributed by atoms with Crippen LogP contribution in [0.3, 0.4) is 0 Å². The van der Waals surface area contributed by atoms with Crippen molar-refractivity contribution in [3.63, 3.8) is 0 Å². The van der Waals surface area contributed by atoms with E-state index in [1.807, 2.05) is 11.3 Å². The molecule has 0 fully saturated rings. The maximum Gasteiger partial charge on any atom is 0.155 e. The Balaban J connectivity index is 1.09. The second-order valence-corrected chi connectivity index (χ2v) is 20.0. The normalized spacial score (nSPS) is 13.6. The molecule has 63 heavy (non-hydrogen) atoms. The van der Waals surface area contributed by atoms with Gasteiger partial charge in [0.2, 0.25) is 0 Å². The Kier molecular flexibility index (Phi) is 8.20. The molecule has 2 aliphatic rings. The largest absolute Gasteiger partial charge is 0.457 e. The predicted molar refractivity (Wildman–Crippen MR) is 266 cm³/mol. The minimum atomic E-state index is -1.52. The Labute approximate surface area is 372 Å². The molecule has 1 spiro atoms. The third-order valence-electron chi connectivity index (χ3n) is 13.3. The van der Waals surface area contributed by atoms with Crippen LogP contribution in [-0.2, 0) is 5.41 Å². The Hall–Kier alpha value is -7.50. The molecule has 1 radical (unpaired) electrons. The monoisotopic (exact) mass is 836 g/mol. The molecular formula is C59H38NOSSi. The number of fused-ring (bicyclic) bond motifs is 12. The van der Waals surface area contributed by atoms with Gasteiger partial charge in [-0.3, -0.25) is 0 Å². The molecule has 11 aromatic rings. The summed E-state index contributed by atoms with van der Waals surface area (Å²) in [5.74, 6) is 1.81. The van der Waals surface area contributed by atoms with Crippen molar-refractivity contribution in [2.45, 2.75) is 5.41 Å². The van der Waals surface area contributed by atoms with Gasteiger partial charge in [-0.05, 0) is 91.9 Å². The van der Waals surface area contributed by atoms with Crippen LogP contribution in [0.25, 0.3) is 42.1 Å². The minimum absolute atomic E-state index is 0.588. The van der Waals surface area contributed by atoms with Gasteiger partial charge in [-0.15, -0.1) is 11.3 Å². The summed E-state index contributed by atoms with van der Waals surface area (Å²) in [6.07, 6.45) is 0. The number of para-hydroxylation sites is 2. The first-order valence-corrected chi connectivity index (χ1v) is 23.9. The SMILES string of the molecule is c1ccc([Si]2c3ccccc3C3(c4ccccc4Oc4ccccc43)c3ccc(N(c4ccc(-c5cccc6ccccc56)cc4)c4cccc5c4sc4ccccc45)cc32)cc1. The van der Waals surface area contributed by atoms with Crippen molar-refractivity contribution >= 4 is 83.7 Å². The zero-order valence-corrected chi connectivity index (χ0v) is 36.0. The summed E-state index contributed by atoms with van der Waals surface area (Å²) >= 11 is 1.88. The van der Waals surface area contributed by atoms with E-state index in [-0.39, 0.29) is 0 Å². The first-order valence-electron chi connectivity index (χ1n) is 21.6. The van der Waals surface area contributed by atoms with E-state index in [0.717, 1.165) is 22.9 Å². The summed E-state index contributed by atoms with van der Waals surface area (Å²) < 4.78 is 9.32. The highest BCUT2D eigenvalue weighted by Crippen LogP contribution is 2.56. The summed E-state index contributed by atoms with van der Waals surface area (Å²) in [4.78, 5) is 2.51. The number of benzene rings is 10. The summed E-state index contributed by atoms with van der Waals surface area (Å²) in [7, 11) is -1.52. The minimum Gasteiger partial charge on any atom is -0.457 e. The quantitative estimate of drug-likeness (QED) is 0.160. The highest BCUT2D eigenvalue weighted by atomic mass is 32.1. The van der Waals surface area contributed by atoms with Gasteiger partial charge in [0.15, 0.2) is 8.80 Å². The van der Waals surface area contributed by atoms with Gasteiger partial charge in [0, 0.05) is 38.0 Å². The Morgan fingerprint density at radius 2 is 1.03 bits per heavy atom. The van der Waals surface area contributed by atoms with Crippen molar-refractivity contribution in [1.29, 1.82) is 0 Å². The zero-order valence-electron chi connectivity index (χ0n) is 34.2. The van der Waals surface area contributed by atoms with Crippen molar-refractivity contribution in [2.75, 3.05) is 4.90 Å². The Bertz CT molecular complexity index is 3520. The van der Waals surface area contributed by atoms with Crippen LogP contribution in [0, 0.1) is 0 Å². The lowest BCUT2D eigenvalue weighted by atomic mass is 9.63. The molecule has 4 heteroatoms. The average molecular weight is 837 g/mol. The van der Waals surface area contributed by atoms with E-state index in [9.17, 15) is 0 Å². The number of anilines is 3. The lowest BCUT2D eigenvalue weighted by molar-refractivity contribution is 0.435. The molecule has 3 heterocycles. The lowest BCUT2D eigenvalue weighted by Gasteiger charge is -2.47. The molecule has 0 bridgehead atoms. The first-order chi connectivity index (χ1) is 31.3. The fourth-order valence-electron chi connectivity index (χ4n) is 10.6. The van der Waals surface area contributed by atoms with Crippen LogP contribution in [0.1, 0.15) is 22.3 Å². The van der Waals surface area contributed by atoms with E-state index in [0.29, 0.717) is 0 Å². The molecule has 0 saturated heterocycles. The first kappa shape index (κ1) is 36.2. The number of hydrogen-bond acceptors (Lipinski definition) is 3. The topological polar surface area (TPSA) is 12.5 Å². The molecule has 0 atom stereocenters. The maximum atomic E-state index is 6.76. The molecule has 0 saturated carbocycles. The molecule has 0 unspecified atom stereocenters. The van der Waals surface area contributed by atoms with Crippen LogP contribution in [-0.4, -0.2) is 8.80 Å². The maximum absolute atomic E-state index is 6.76. The Morgan fingerprint density at radius 1 is 0.429 bits per heavy atom. The van der Waals surface area contributed by atoms with Gasteiger partial charge in [0.25, 0.3) is 0 Å². The van der Waals surface area contributed by atoms with Crippen molar-refractivity contribution < 1.29 is 4.74 Å². The summed E-state index contributed by atoms with van der Waals surface area (Å²) in [5.41, 5.74) is 10.3. The second kappa shape index (κ2) is 14.3. The molecule has 10 aromatic carbocycles. The zero-order chi connectivity index (χ0) is 41.5. The third-order valence-corrected chi connectivity index (χ3v) is 17.3. The van der Waals surface area contributed by atoms with Crippen molar-refractivity contribution in [1.82, 2.24) is 0 Å². The van der Waals surface area contributed by atoms with Crippen LogP contribution in [0.4, 0.5) is 17.1 Å². The fourth-order valence-corrected chi connectivity index (χ4v) is 14.9. The van der Waals surface area contributed by atoms with Crippen LogP contribution in [0.5, 0.6) is 11.5 Å². The van der Waals surface area contributed by atoms with Crippen molar-refractivity contribution in [3.05, 3.63) is 253 Å². The molecule has 1 aromatic heterocycles. The molecule has 2 nitrogen and oxygen atoms in total. The van der Waals surface area contributed by atoms with Gasteiger partial charge in [-0.25, -0.2) is 0 Å². The number of ether oxygens (including phenoxy) is 1. The predicted octanol–water partition coefficient (Wildman–Crippen LogP) is 13.7. The smallest absolute Gasteiger partial charge is 0.155 e. The summed E-state index contributed by atoms with van der Waals surface area (Å²) in [6.45, 7) is 0. The third kappa shape index (κ3) is 5.42. The molecule has 13 rings (SSSR count). The van der Waals surface area contributed by atoms with E-state index in [1.165, 1.54) is 85.6 Å². The highest BCUT2D eigenvalue weighted by Gasteiger charge is 2.51. The van der Waals surface area contributed by atoms with Gasteiger partial charge >= 0.3 is 0 Å². The number of nitrogens with zero attached hydrogens (tertiary/aromatic N) is 1. The van der Waals surface area contributed by atoms with E-state index in [2.05, 4.69) is 235 Å². The van der Waals surface area contributed by atoms with Crippen LogP contribution in [0.2, 0.25) is 0 Å². The van der Waals surface area contributed by atoms with E-state index >= 15 is 0 Å². The second-order valence-electron chi connectivity index (χ2n) is 16.5.